The molecule has 0 radical (unpaired) electrons. The van der Waals surface area contributed by atoms with Crippen molar-refractivity contribution in [1.29, 1.82) is 0 Å². The summed E-state index contributed by atoms with van der Waals surface area (Å²) in [4.78, 5) is 16.1. The molecule has 2 rings (SSSR count). The van der Waals surface area contributed by atoms with Crippen molar-refractivity contribution < 1.29 is 18.0 Å². The molecule has 1 aliphatic rings. The number of hydroxylamine groups is 2. The molecule has 0 atom stereocenters. The SMILES string of the molecule is CON(C)C1CN(S(=O)(=O)c2ccc(C(N)=O)cc2)C1. The molecule has 0 spiro atoms. The molecule has 0 bridgehead atoms. The van der Waals surface area contributed by atoms with Crippen LogP contribution in [-0.4, -0.2) is 57.0 Å². The van der Waals surface area contributed by atoms with Crippen LogP contribution in [0.4, 0.5) is 0 Å². The molecule has 8 heteroatoms. The van der Waals surface area contributed by atoms with E-state index in [0.717, 1.165) is 0 Å². The van der Waals surface area contributed by atoms with Crippen molar-refractivity contribution in [3.05, 3.63) is 29.8 Å². The van der Waals surface area contributed by atoms with Crippen molar-refractivity contribution in [2.45, 2.75) is 10.9 Å². The molecule has 1 saturated heterocycles. The molecule has 20 heavy (non-hydrogen) atoms. The first-order chi connectivity index (χ1) is 9.36. The van der Waals surface area contributed by atoms with Gasteiger partial charge in [-0.05, 0) is 24.3 Å². The Kier molecular flexibility index (Phi) is 4.09. The second-order valence-electron chi connectivity index (χ2n) is 4.59. The molecule has 2 N–H and O–H groups in total. The summed E-state index contributed by atoms with van der Waals surface area (Å²) in [7, 11) is -0.219. The number of hydrogen-bond acceptors (Lipinski definition) is 5. The van der Waals surface area contributed by atoms with E-state index in [1.54, 1.807) is 19.2 Å². The zero-order valence-electron chi connectivity index (χ0n) is 11.3. The lowest BCUT2D eigenvalue weighted by molar-refractivity contribution is -0.163. The Labute approximate surface area is 117 Å². The fourth-order valence-electron chi connectivity index (χ4n) is 1.93. The molecule has 0 saturated carbocycles. The maximum Gasteiger partial charge on any atom is 0.248 e. The number of carbonyl (C=O) groups excluding carboxylic acids is 1. The molecule has 0 aliphatic carbocycles. The van der Waals surface area contributed by atoms with E-state index in [9.17, 15) is 13.2 Å². The molecular formula is C12H17N3O4S. The second kappa shape index (κ2) is 5.49. The topological polar surface area (TPSA) is 92.9 Å². The van der Waals surface area contributed by atoms with Crippen molar-refractivity contribution in [3.8, 4) is 0 Å². The number of hydrogen-bond donors (Lipinski definition) is 1. The van der Waals surface area contributed by atoms with Crippen molar-refractivity contribution in [2.24, 2.45) is 5.73 Å². The van der Waals surface area contributed by atoms with E-state index < -0.39 is 15.9 Å². The number of benzene rings is 1. The van der Waals surface area contributed by atoms with E-state index in [2.05, 4.69) is 0 Å². The molecule has 7 nitrogen and oxygen atoms in total. The van der Waals surface area contributed by atoms with Gasteiger partial charge in [-0.3, -0.25) is 4.79 Å². The summed E-state index contributed by atoms with van der Waals surface area (Å²) in [6.07, 6.45) is 0. The van der Waals surface area contributed by atoms with Crippen molar-refractivity contribution in [1.82, 2.24) is 9.37 Å². The maximum atomic E-state index is 12.3. The molecule has 1 aliphatic heterocycles. The summed E-state index contributed by atoms with van der Waals surface area (Å²) in [6, 6.07) is 5.66. The van der Waals surface area contributed by atoms with Gasteiger partial charge in [0.05, 0.1) is 18.0 Å². The van der Waals surface area contributed by atoms with Crippen LogP contribution in [0.15, 0.2) is 29.2 Å². The highest BCUT2D eigenvalue weighted by molar-refractivity contribution is 7.89. The van der Waals surface area contributed by atoms with E-state index in [1.807, 2.05) is 0 Å². The molecule has 1 heterocycles. The number of rotatable bonds is 5. The summed E-state index contributed by atoms with van der Waals surface area (Å²) in [5.74, 6) is -0.584. The highest BCUT2D eigenvalue weighted by atomic mass is 32.2. The molecule has 110 valence electrons. The minimum Gasteiger partial charge on any atom is -0.366 e. The zero-order valence-corrected chi connectivity index (χ0v) is 12.1. The third-order valence-corrected chi connectivity index (χ3v) is 5.25. The van der Waals surface area contributed by atoms with Crippen LogP contribution in [0.2, 0.25) is 0 Å². The van der Waals surface area contributed by atoms with Gasteiger partial charge in [0.2, 0.25) is 15.9 Å². The number of primary amides is 1. The quantitative estimate of drug-likeness (QED) is 0.750. The Hall–Kier alpha value is -1.48. The third kappa shape index (κ3) is 2.68. The van der Waals surface area contributed by atoms with Gasteiger partial charge in [0.1, 0.15) is 0 Å². The lowest BCUT2D eigenvalue weighted by atomic mass is 10.2. The van der Waals surface area contributed by atoms with Gasteiger partial charge in [0.15, 0.2) is 0 Å². The second-order valence-corrected chi connectivity index (χ2v) is 6.53. The lowest BCUT2D eigenvalue weighted by Gasteiger charge is -2.41. The van der Waals surface area contributed by atoms with Gasteiger partial charge in [-0.1, -0.05) is 0 Å². The van der Waals surface area contributed by atoms with E-state index in [1.165, 1.54) is 28.6 Å². The lowest BCUT2D eigenvalue weighted by Crippen LogP contribution is -2.59. The Balaban J connectivity index is 2.10. The van der Waals surface area contributed by atoms with Gasteiger partial charge in [-0.2, -0.15) is 9.37 Å². The van der Waals surface area contributed by atoms with Gasteiger partial charge in [0.25, 0.3) is 0 Å². The Morgan fingerprint density at radius 1 is 1.35 bits per heavy atom. The minimum atomic E-state index is -3.52. The number of amides is 1. The summed E-state index contributed by atoms with van der Waals surface area (Å²) >= 11 is 0. The van der Waals surface area contributed by atoms with Gasteiger partial charge in [-0.25, -0.2) is 8.42 Å². The molecule has 1 aromatic rings. The Morgan fingerprint density at radius 3 is 2.35 bits per heavy atom. The normalized spacial score (nSPS) is 17.1. The highest BCUT2D eigenvalue weighted by Gasteiger charge is 2.38. The van der Waals surface area contributed by atoms with Crippen LogP contribution in [0.1, 0.15) is 10.4 Å². The van der Waals surface area contributed by atoms with Crippen molar-refractivity contribution in [3.63, 3.8) is 0 Å². The van der Waals surface area contributed by atoms with Crippen LogP contribution in [-0.2, 0) is 14.9 Å². The summed E-state index contributed by atoms with van der Waals surface area (Å²) in [6.45, 7) is 0.758. The van der Waals surface area contributed by atoms with E-state index in [-0.39, 0.29) is 16.5 Å². The molecule has 0 unspecified atom stereocenters. The first kappa shape index (κ1) is 14.9. The van der Waals surface area contributed by atoms with Crippen LogP contribution in [0, 0.1) is 0 Å². The predicted octanol–water partition coefficient (Wildman–Crippen LogP) is -0.348. The molecular weight excluding hydrogens is 282 g/mol. The van der Waals surface area contributed by atoms with Crippen molar-refractivity contribution in [2.75, 3.05) is 27.2 Å². The first-order valence-corrected chi connectivity index (χ1v) is 7.47. The summed E-state index contributed by atoms with van der Waals surface area (Å²) < 4.78 is 26.0. The minimum absolute atomic E-state index is 0.0552. The molecule has 1 amide bonds. The third-order valence-electron chi connectivity index (χ3n) is 3.41. The van der Waals surface area contributed by atoms with Crippen LogP contribution in [0.25, 0.3) is 0 Å². The monoisotopic (exact) mass is 299 g/mol. The molecule has 1 aromatic carbocycles. The van der Waals surface area contributed by atoms with Crippen LogP contribution in [0.3, 0.4) is 0 Å². The average molecular weight is 299 g/mol. The Morgan fingerprint density at radius 2 is 1.90 bits per heavy atom. The molecule has 0 aromatic heterocycles. The van der Waals surface area contributed by atoms with E-state index >= 15 is 0 Å². The van der Waals surface area contributed by atoms with E-state index in [0.29, 0.717) is 13.1 Å². The number of nitrogens with zero attached hydrogens (tertiary/aromatic N) is 2. The average Bonchev–Trinajstić information content (AvgIpc) is 2.36. The number of nitrogens with two attached hydrogens (primary N) is 1. The van der Waals surface area contributed by atoms with Crippen molar-refractivity contribution >= 4 is 15.9 Å². The van der Waals surface area contributed by atoms with Crippen LogP contribution < -0.4 is 5.73 Å². The highest BCUT2D eigenvalue weighted by Crippen LogP contribution is 2.24. The Bertz CT molecular complexity index is 594. The zero-order chi connectivity index (χ0) is 14.9. The smallest absolute Gasteiger partial charge is 0.248 e. The van der Waals surface area contributed by atoms with Gasteiger partial charge < -0.3 is 10.6 Å². The number of carbonyl (C=O) groups is 1. The van der Waals surface area contributed by atoms with Crippen LogP contribution >= 0.6 is 0 Å². The van der Waals surface area contributed by atoms with Gasteiger partial charge >= 0.3 is 0 Å². The summed E-state index contributed by atoms with van der Waals surface area (Å²) in [5.41, 5.74) is 5.40. The summed E-state index contributed by atoms with van der Waals surface area (Å²) in [5, 5.41) is 1.63. The fourth-order valence-corrected chi connectivity index (χ4v) is 3.45. The van der Waals surface area contributed by atoms with Crippen LogP contribution in [0.5, 0.6) is 0 Å². The number of likely N-dealkylation sites (N-methyl/N-ethyl adjacent to an activating group) is 1. The van der Waals surface area contributed by atoms with Gasteiger partial charge in [0, 0.05) is 25.7 Å². The standard InChI is InChI=1S/C12H17N3O4S/c1-14(19-2)10-7-15(8-10)20(17,18)11-5-3-9(4-6-11)12(13)16/h3-6,10H,7-8H2,1-2H3,(H2,13,16). The molecule has 1 fully saturated rings. The fraction of sp³-hybridized carbons (Fsp3) is 0.417. The van der Waals surface area contributed by atoms with E-state index in [4.69, 9.17) is 10.6 Å². The largest absolute Gasteiger partial charge is 0.366 e. The predicted molar refractivity (Wildman–Crippen MR) is 72.3 cm³/mol. The van der Waals surface area contributed by atoms with Gasteiger partial charge in [-0.15, -0.1) is 0 Å². The number of sulfonamides is 1. The first-order valence-electron chi connectivity index (χ1n) is 6.03. The maximum absolute atomic E-state index is 12.3.